The van der Waals surface area contributed by atoms with Gasteiger partial charge in [0.25, 0.3) is 5.91 Å². The molecule has 0 radical (unpaired) electrons. The van der Waals surface area contributed by atoms with Crippen molar-refractivity contribution in [1.29, 1.82) is 0 Å². The van der Waals surface area contributed by atoms with Crippen molar-refractivity contribution in [3.05, 3.63) is 69.9 Å². The number of unbranched alkanes of at least 4 members (excludes halogenated alkanes) is 2. The van der Waals surface area contributed by atoms with E-state index in [1.165, 1.54) is 0 Å². The molecule has 0 bridgehead atoms. The minimum Gasteiger partial charge on any atom is -0.480 e. The molecule has 3 aromatic rings. The Morgan fingerprint density at radius 2 is 1.60 bits per heavy atom. The number of aromatic nitrogens is 2. The second kappa shape index (κ2) is 12.3. The van der Waals surface area contributed by atoms with Gasteiger partial charge < -0.3 is 20.5 Å². The number of benzene rings is 2. The quantitative estimate of drug-likeness (QED) is 0.288. The van der Waals surface area contributed by atoms with E-state index in [1.54, 1.807) is 12.1 Å². The Kier molecular flexibility index (Phi) is 8.83. The molecule has 0 spiro atoms. The number of primary amides is 1. The van der Waals surface area contributed by atoms with Crippen LogP contribution in [0.15, 0.2) is 41.2 Å². The van der Waals surface area contributed by atoms with Gasteiger partial charge in [-0.15, -0.1) is 0 Å². The van der Waals surface area contributed by atoms with Crippen LogP contribution in [-0.4, -0.2) is 71.0 Å². The third-order valence-corrected chi connectivity index (χ3v) is 6.99. The molecular weight excluding hydrogens is 531 g/mol. The highest BCUT2D eigenvalue weighted by Crippen LogP contribution is 2.33. The molecule has 0 saturated carbocycles. The molecule has 214 valence electrons. The fourth-order valence-electron chi connectivity index (χ4n) is 5.01. The van der Waals surface area contributed by atoms with Gasteiger partial charge in [-0.25, -0.2) is 22.8 Å². The highest BCUT2D eigenvalue weighted by Gasteiger charge is 2.28. The first-order valence-electron chi connectivity index (χ1n) is 12.8. The summed E-state index contributed by atoms with van der Waals surface area (Å²) in [6, 6.07) is 8.15. The van der Waals surface area contributed by atoms with Crippen LogP contribution in [0.5, 0.6) is 5.88 Å². The first-order valence-corrected chi connectivity index (χ1v) is 12.8. The normalized spacial score (nSPS) is 13.9. The molecule has 13 heteroatoms. The van der Waals surface area contributed by atoms with E-state index in [9.17, 15) is 32.7 Å². The van der Waals surface area contributed by atoms with E-state index in [2.05, 4.69) is 9.80 Å². The number of piperazine rings is 1. The molecule has 0 aliphatic carbocycles. The van der Waals surface area contributed by atoms with Crippen molar-refractivity contribution in [2.75, 3.05) is 44.7 Å². The Balaban J connectivity index is 1.39. The Bertz CT molecular complexity index is 1460. The summed E-state index contributed by atoms with van der Waals surface area (Å²) in [7, 11) is 1.10. The van der Waals surface area contributed by atoms with E-state index >= 15 is 0 Å². The zero-order valence-electron chi connectivity index (χ0n) is 21.9. The molecule has 1 aromatic heterocycles. The lowest BCUT2D eigenvalue weighted by Gasteiger charge is -2.36. The molecule has 1 saturated heterocycles. The van der Waals surface area contributed by atoms with E-state index in [0.717, 1.165) is 56.5 Å². The number of amides is 1. The van der Waals surface area contributed by atoms with Crippen LogP contribution in [-0.2, 0) is 6.54 Å². The van der Waals surface area contributed by atoms with Gasteiger partial charge in [-0.3, -0.25) is 14.3 Å². The van der Waals surface area contributed by atoms with Gasteiger partial charge in [0.1, 0.15) is 11.5 Å². The van der Waals surface area contributed by atoms with Crippen LogP contribution < -0.4 is 21.1 Å². The number of ether oxygens (including phenoxy) is 1. The predicted octanol–water partition coefficient (Wildman–Crippen LogP) is 3.36. The number of methoxy groups -OCH3 is 1. The van der Waals surface area contributed by atoms with Gasteiger partial charge >= 0.3 is 11.8 Å². The summed E-state index contributed by atoms with van der Waals surface area (Å²) in [5.74, 6) is -4.88. The SMILES string of the molecule is COc1c(-c2cc(F)c(F)cc2F)n(CCCCCN2CCN(c3ccccc3C(N)=O)CC2)c(=O)n1C(=O)O. The van der Waals surface area contributed by atoms with E-state index in [-0.39, 0.29) is 12.2 Å². The molecule has 1 aliphatic heterocycles. The number of carbonyl (C=O) groups excluding carboxylic acids is 1. The van der Waals surface area contributed by atoms with Gasteiger partial charge in [-0.05, 0) is 37.6 Å². The Labute approximate surface area is 228 Å². The summed E-state index contributed by atoms with van der Waals surface area (Å²) < 4.78 is 48.5. The van der Waals surface area contributed by atoms with Gasteiger partial charge in [0.05, 0.1) is 12.7 Å². The summed E-state index contributed by atoms with van der Waals surface area (Å²) in [5, 5.41) is 9.53. The maximum absolute atomic E-state index is 14.6. The van der Waals surface area contributed by atoms with Gasteiger partial charge in [0.15, 0.2) is 11.6 Å². The molecule has 3 N–H and O–H groups in total. The zero-order valence-corrected chi connectivity index (χ0v) is 21.9. The monoisotopic (exact) mass is 561 g/mol. The number of imidazole rings is 1. The molecule has 1 amide bonds. The Morgan fingerprint density at radius 3 is 2.25 bits per heavy atom. The maximum atomic E-state index is 14.6. The first-order chi connectivity index (χ1) is 19.1. The van der Waals surface area contributed by atoms with Crippen molar-refractivity contribution < 1.29 is 32.6 Å². The van der Waals surface area contributed by atoms with Gasteiger partial charge in [-0.2, -0.15) is 4.57 Å². The van der Waals surface area contributed by atoms with Crippen molar-refractivity contribution in [1.82, 2.24) is 14.0 Å². The van der Waals surface area contributed by atoms with E-state index < -0.39 is 46.6 Å². The molecule has 2 aromatic carbocycles. The second-order valence-electron chi connectivity index (χ2n) is 9.43. The second-order valence-corrected chi connectivity index (χ2v) is 9.43. The Hall–Kier alpha value is -4.26. The number of rotatable bonds is 10. The molecule has 2 heterocycles. The van der Waals surface area contributed by atoms with Crippen LogP contribution in [0.3, 0.4) is 0 Å². The number of carboxylic acid groups (broad SMARTS) is 1. The Morgan fingerprint density at radius 1 is 0.950 bits per heavy atom. The highest BCUT2D eigenvalue weighted by molar-refractivity contribution is 5.98. The van der Waals surface area contributed by atoms with Crippen LogP contribution in [0.1, 0.15) is 29.6 Å². The summed E-state index contributed by atoms with van der Waals surface area (Å²) in [6.45, 7) is 3.82. The van der Waals surface area contributed by atoms with Crippen LogP contribution in [0.4, 0.5) is 23.7 Å². The van der Waals surface area contributed by atoms with Crippen molar-refractivity contribution in [3.63, 3.8) is 0 Å². The number of hydrogen-bond acceptors (Lipinski definition) is 6. The fourth-order valence-corrected chi connectivity index (χ4v) is 5.01. The number of carbonyl (C=O) groups is 2. The lowest BCUT2D eigenvalue weighted by atomic mass is 10.1. The number of hydrogen-bond donors (Lipinski definition) is 2. The van der Waals surface area contributed by atoms with Crippen LogP contribution in [0.2, 0.25) is 0 Å². The summed E-state index contributed by atoms with van der Waals surface area (Å²) >= 11 is 0. The van der Waals surface area contributed by atoms with E-state index in [0.29, 0.717) is 35.1 Å². The molecule has 0 unspecified atom stereocenters. The van der Waals surface area contributed by atoms with Crippen LogP contribution in [0.25, 0.3) is 11.3 Å². The number of halogens is 3. The molecule has 40 heavy (non-hydrogen) atoms. The smallest absolute Gasteiger partial charge is 0.422 e. The molecular formula is C27H30F3N5O5. The summed E-state index contributed by atoms with van der Waals surface area (Å²) in [5.41, 5.74) is 5.06. The van der Waals surface area contributed by atoms with Crippen molar-refractivity contribution in [2.24, 2.45) is 5.73 Å². The number of nitrogens with zero attached hydrogens (tertiary/aromatic N) is 4. The van der Waals surface area contributed by atoms with Gasteiger partial charge in [0.2, 0.25) is 5.88 Å². The van der Waals surface area contributed by atoms with Crippen LogP contribution in [0, 0.1) is 17.5 Å². The maximum Gasteiger partial charge on any atom is 0.422 e. The van der Waals surface area contributed by atoms with Crippen molar-refractivity contribution in [2.45, 2.75) is 25.8 Å². The molecule has 4 rings (SSSR count). The average molecular weight is 562 g/mol. The number of anilines is 1. The first kappa shape index (κ1) is 28.7. The molecule has 1 aliphatic rings. The fraction of sp³-hybridized carbons (Fsp3) is 0.370. The summed E-state index contributed by atoms with van der Waals surface area (Å²) in [4.78, 5) is 40.8. The van der Waals surface area contributed by atoms with E-state index in [1.807, 2.05) is 12.1 Å². The third kappa shape index (κ3) is 5.83. The molecule has 1 fully saturated rings. The van der Waals surface area contributed by atoms with Crippen LogP contribution >= 0.6 is 0 Å². The minimum atomic E-state index is -1.65. The lowest BCUT2D eigenvalue weighted by molar-refractivity contribution is 0.100. The molecule has 10 nitrogen and oxygen atoms in total. The van der Waals surface area contributed by atoms with Crippen molar-refractivity contribution >= 4 is 17.7 Å². The highest BCUT2D eigenvalue weighted by atomic mass is 19.2. The van der Waals surface area contributed by atoms with Crippen molar-refractivity contribution in [3.8, 4) is 17.1 Å². The molecule has 0 atom stereocenters. The standard InChI is InChI=1S/C27H30F3N5O5/c1-40-25-23(18-15-20(29)21(30)16-19(18)28)34(26(37)35(25)27(38)39)10-6-2-5-9-32-11-13-33(14-12-32)22-8-4-3-7-17(22)24(31)36/h3-4,7-8,15-16H,2,5-6,9-14H2,1H3,(H2,31,36)(H,38,39). The lowest BCUT2D eigenvalue weighted by Crippen LogP contribution is -2.47. The van der Waals surface area contributed by atoms with Gasteiger partial charge in [0, 0.05) is 50.0 Å². The van der Waals surface area contributed by atoms with E-state index in [4.69, 9.17) is 10.5 Å². The topological polar surface area (TPSA) is 123 Å². The largest absolute Gasteiger partial charge is 0.480 e. The zero-order chi connectivity index (χ0) is 29.0. The average Bonchev–Trinajstić information content (AvgIpc) is 3.22. The minimum absolute atomic E-state index is 0.0148. The predicted molar refractivity (Wildman–Crippen MR) is 141 cm³/mol. The number of nitrogens with two attached hydrogens (primary N) is 1. The third-order valence-electron chi connectivity index (χ3n) is 6.99. The number of para-hydroxylation sites is 1. The van der Waals surface area contributed by atoms with Gasteiger partial charge in [-0.1, -0.05) is 18.6 Å². The summed E-state index contributed by atoms with van der Waals surface area (Å²) in [6.07, 6.45) is 0.231.